The Balaban J connectivity index is 2.20. The monoisotopic (exact) mass is 294 g/mol. The number of rotatable bonds is 4. The van der Waals surface area contributed by atoms with Crippen LogP contribution in [0.4, 0.5) is 0 Å². The number of hydrogen-bond donors (Lipinski definition) is 0. The first kappa shape index (κ1) is 13.9. The summed E-state index contributed by atoms with van der Waals surface area (Å²) in [5.74, 6) is 0.683. The third kappa shape index (κ3) is 3.49. The first-order valence-corrected chi connectivity index (χ1v) is 6.47. The quantitative estimate of drug-likeness (QED) is 0.780. The number of ketones is 1. The second kappa shape index (κ2) is 6.09. The maximum atomic E-state index is 12.2. The van der Waals surface area contributed by atoms with Gasteiger partial charge < -0.3 is 4.74 Å². The van der Waals surface area contributed by atoms with Crippen LogP contribution in [-0.4, -0.2) is 12.9 Å². The molecule has 0 bridgehead atoms. The van der Waals surface area contributed by atoms with Crippen LogP contribution >= 0.6 is 23.2 Å². The van der Waals surface area contributed by atoms with Crippen molar-refractivity contribution >= 4 is 29.0 Å². The minimum Gasteiger partial charge on any atom is -0.497 e. The van der Waals surface area contributed by atoms with E-state index >= 15 is 0 Å². The fourth-order valence-electron chi connectivity index (χ4n) is 1.78. The number of hydrogen-bond acceptors (Lipinski definition) is 2. The number of methoxy groups -OCH3 is 1. The van der Waals surface area contributed by atoms with Gasteiger partial charge in [-0.3, -0.25) is 4.79 Å². The van der Waals surface area contributed by atoms with Crippen molar-refractivity contribution in [3.8, 4) is 5.75 Å². The van der Waals surface area contributed by atoms with Crippen molar-refractivity contribution in [1.82, 2.24) is 0 Å². The highest BCUT2D eigenvalue weighted by atomic mass is 35.5. The summed E-state index contributed by atoms with van der Waals surface area (Å²) in [7, 11) is 1.59. The molecular weight excluding hydrogens is 283 g/mol. The number of carbonyl (C=O) groups excluding carboxylic acids is 1. The molecule has 0 radical (unpaired) electrons. The van der Waals surface area contributed by atoms with Crippen LogP contribution < -0.4 is 4.74 Å². The lowest BCUT2D eigenvalue weighted by atomic mass is 10.0. The number of Topliss-reactive ketones (excluding diaryl/α,β-unsaturated/α-hetero) is 1. The highest BCUT2D eigenvalue weighted by molar-refractivity contribution is 6.36. The lowest BCUT2D eigenvalue weighted by molar-refractivity contribution is 0.0993. The number of carbonyl (C=O) groups is 1. The molecule has 0 saturated heterocycles. The van der Waals surface area contributed by atoms with E-state index in [1.54, 1.807) is 25.3 Å². The highest BCUT2D eigenvalue weighted by Crippen LogP contribution is 2.23. The van der Waals surface area contributed by atoms with Crippen molar-refractivity contribution in [2.24, 2.45) is 0 Å². The largest absolute Gasteiger partial charge is 0.497 e. The number of ether oxygens (including phenoxy) is 1. The summed E-state index contributed by atoms with van der Waals surface area (Å²) >= 11 is 11.8. The summed E-state index contributed by atoms with van der Waals surface area (Å²) in [6, 6.07) is 12.3. The van der Waals surface area contributed by atoms with Gasteiger partial charge in [-0.05, 0) is 35.9 Å². The van der Waals surface area contributed by atoms with E-state index in [-0.39, 0.29) is 12.2 Å². The van der Waals surface area contributed by atoms with Gasteiger partial charge in [-0.15, -0.1) is 0 Å². The Labute approximate surface area is 121 Å². The maximum absolute atomic E-state index is 12.2. The van der Waals surface area contributed by atoms with Crippen LogP contribution in [0.2, 0.25) is 10.0 Å². The lowest BCUT2D eigenvalue weighted by Gasteiger charge is -2.06. The van der Waals surface area contributed by atoms with Gasteiger partial charge in [0.1, 0.15) is 5.75 Å². The van der Waals surface area contributed by atoms with Crippen molar-refractivity contribution < 1.29 is 9.53 Å². The van der Waals surface area contributed by atoms with Crippen LogP contribution in [0.25, 0.3) is 0 Å². The van der Waals surface area contributed by atoms with E-state index in [2.05, 4.69) is 0 Å². The van der Waals surface area contributed by atoms with E-state index in [1.807, 2.05) is 24.3 Å². The summed E-state index contributed by atoms with van der Waals surface area (Å²) in [5.41, 5.74) is 1.37. The third-order valence-corrected chi connectivity index (χ3v) is 3.28. The van der Waals surface area contributed by atoms with Crippen molar-refractivity contribution in [2.75, 3.05) is 7.11 Å². The second-order valence-corrected chi connectivity index (χ2v) is 4.92. The Bertz CT molecular complexity index is 609. The summed E-state index contributed by atoms with van der Waals surface area (Å²) < 4.78 is 5.13. The summed E-state index contributed by atoms with van der Waals surface area (Å²) in [5, 5.41) is 0.892. The number of benzene rings is 2. The zero-order valence-corrected chi connectivity index (χ0v) is 11.8. The predicted octanol–water partition coefficient (Wildman–Crippen LogP) is 4.43. The molecule has 0 aromatic heterocycles. The van der Waals surface area contributed by atoms with Gasteiger partial charge in [0.2, 0.25) is 0 Å². The van der Waals surface area contributed by atoms with E-state index in [1.165, 1.54) is 0 Å². The topological polar surface area (TPSA) is 26.3 Å². The Morgan fingerprint density at radius 3 is 2.63 bits per heavy atom. The van der Waals surface area contributed by atoms with E-state index in [4.69, 9.17) is 27.9 Å². The molecule has 0 heterocycles. The van der Waals surface area contributed by atoms with E-state index in [0.717, 1.165) is 11.3 Å². The normalized spacial score (nSPS) is 10.3. The summed E-state index contributed by atoms with van der Waals surface area (Å²) in [6.45, 7) is 0. The molecule has 2 nitrogen and oxygen atoms in total. The van der Waals surface area contributed by atoms with Gasteiger partial charge in [-0.2, -0.15) is 0 Å². The Hall–Kier alpha value is -1.51. The van der Waals surface area contributed by atoms with Crippen LogP contribution in [0.3, 0.4) is 0 Å². The van der Waals surface area contributed by atoms with E-state index in [9.17, 15) is 4.79 Å². The Kier molecular flexibility index (Phi) is 4.46. The van der Waals surface area contributed by atoms with Crippen molar-refractivity contribution in [1.29, 1.82) is 0 Å². The van der Waals surface area contributed by atoms with Crippen molar-refractivity contribution in [3.05, 3.63) is 63.6 Å². The predicted molar refractivity (Wildman–Crippen MR) is 77.5 cm³/mol. The SMILES string of the molecule is COc1cccc(CC(=O)c2ccc(Cl)cc2Cl)c1. The van der Waals surface area contributed by atoms with E-state index < -0.39 is 0 Å². The molecule has 0 aliphatic heterocycles. The molecule has 19 heavy (non-hydrogen) atoms. The molecule has 4 heteroatoms. The molecule has 2 aromatic rings. The summed E-state index contributed by atoms with van der Waals surface area (Å²) in [4.78, 5) is 12.2. The molecule has 0 aliphatic carbocycles. The van der Waals surface area contributed by atoms with Crippen LogP contribution in [0.5, 0.6) is 5.75 Å². The van der Waals surface area contributed by atoms with Gasteiger partial charge in [0, 0.05) is 17.0 Å². The van der Waals surface area contributed by atoms with Crippen LogP contribution in [0.15, 0.2) is 42.5 Å². The minimum atomic E-state index is -0.0464. The van der Waals surface area contributed by atoms with Gasteiger partial charge in [0.25, 0.3) is 0 Å². The van der Waals surface area contributed by atoms with Crippen molar-refractivity contribution in [3.63, 3.8) is 0 Å². The van der Waals surface area contributed by atoms with Crippen LogP contribution in [0.1, 0.15) is 15.9 Å². The molecule has 0 fully saturated rings. The number of halogens is 2. The average Bonchev–Trinajstić information content (AvgIpc) is 2.38. The molecule has 0 aliphatic rings. The molecule has 0 atom stereocenters. The lowest BCUT2D eigenvalue weighted by Crippen LogP contribution is -2.04. The Morgan fingerprint density at radius 1 is 1.16 bits per heavy atom. The second-order valence-electron chi connectivity index (χ2n) is 4.08. The molecular formula is C15H12Cl2O2. The van der Waals surface area contributed by atoms with Gasteiger partial charge in [0.05, 0.1) is 12.1 Å². The molecule has 2 rings (SSSR count). The van der Waals surface area contributed by atoms with Gasteiger partial charge in [-0.1, -0.05) is 35.3 Å². The molecule has 0 N–H and O–H groups in total. The maximum Gasteiger partial charge on any atom is 0.168 e. The van der Waals surface area contributed by atoms with E-state index in [0.29, 0.717) is 15.6 Å². The Morgan fingerprint density at radius 2 is 1.95 bits per heavy atom. The standard InChI is InChI=1S/C15H12Cl2O2/c1-19-12-4-2-3-10(7-12)8-15(18)13-6-5-11(16)9-14(13)17/h2-7,9H,8H2,1H3. The smallest absolute Gasteiger partial charge is 0.168 e. The summed E-state index contributed by atoms with van der Waals surface area (Å²) in [6.07, 6.45) is 0.276. The van der Waals surface area contributed by atoms with Gasteiger partial charge in [-0.25, -0.2) is 0 Å². The van der Waals surface area contributed by atoms with Gasteiger partial charge in [0.15, 0.2) is 5.78 Å². The zero-order valence-electron chi connectivity index (χ0n) is 10.3. The first-order chi connectivity index (χ1) is 9.10. The zero-order chi connectivity index (χ0) is 13.8. The minimum absolute atomic E-state index is 0.0464. The fourth-order valence-corrected chi connectivity index (χ4v) is 2.29. The first-order valence-electron chi connectivity index (χ1n) is 5.71. The van der Waals surface area contributed by atoms with Crippen molar-refractivity contribution in [2.45, 2.75) is 6.42 Å². The molecule has 98 valence electrons. The molecule has 0 saturated carbocycles. The van der Waals surface area contributed by atoms with Crippen LogP contribution in [0, 0.1) is 0 Å². The third-order valence-electron chi connectivity index (χ3n) is 2.73. The van der Waals surface area contributed by atoms with Crippen LogP contribution in [-0.2, 0) is 6.42 Å². The molecule has 2 aromatic carbocycles. The molecule has 0 spiro atoms. The fraction of sp³-hybridized carbons (Fsp3) is 0.133. The van der Waals surface area contributed by atoms with Gasteiger partial charge >= 0.3 is 0 Å². The molecule has 0 unspecified atom stereocenters. The molecule has 0 amide bonds. The highest BCUT2D eigenvalue weighted by Gasteiger charge is 2.11. The average molecular weight is 295 g/mol.